The standard InChI is InChI=1S/C12H22N2OS/c1-10(7-12-5-4-6-16-12)14(2)11(8-13)9-15-3/h4-6,10-11H,7-9,13H2,1-3H3. The molecular weight excluding hydrogens is 220 g/mol. The van der Waals surface area contributed by atoms with Gasteiger partial charge in [0.1, 0.15) is 0 Å². The van der Waals surface area contributed by atoms with Gasteiger partial charge >= 0.3 is 0 Å². The van der Waals surface area contributed by atoms with Crippen LogP contribution in [0.2, 0.25) is 0 Å². The Balaban J connectivity index is 2.48. The van der Waals surface area contributed by atoms with Crippen LogP contribution in [0.25, 0.3) is 0 Å². The highest BCUT2D eigenvalue weighted by Gasteiger charge is 2.18. The van der Waals surface area contributed by atoms with Gasteiger partial charge in [0.2, 0.25) is 0 Å². The first-order valence-electron chi connectivity index (χ1n) is 5.62. The van der Waals surface area contributed by atoms with E-state index in [0.717, 1.165) is 6.42 Å². The number of methoxy groups -OCH3 is 1. The number of rotatable bonds is 7. The Labute approximate surface area is 102 Å². The molecule has 0 aliphatic carbocycles. The van der Waals surface area contributed by atoms with Crippen LogP contribution in [0.4, 0.5) is 0 Å². The second-order valence-corrected chi connectivity index (χ2v) is 5.18. The van der Waals surface area contributed by atoms with E-state index in [0.29, 0.717) is 25.2 Å². The summed E-state index contributed by atoms with van der Waals surface area (Å²) in [5.41, 5.74) is 5.75. The fraction of sp³-hybridized carbons (Fsp3) is 0.667. The van der Waals surface area contributed by atoms with E-state index in [-0.39, 0.29) is 0 Å². The van der Waals surface area contributed by atoms with Crippen LogP contribution in [-0.2, 0) is 11.2 Å². The summed E-state index contributed by atoms with van der Waals surface area (Å²) in [6, 6.07) is 5.08. The van der Waals surface area contributed by atoms with Gasteiger partial charge in [-0.25, -0.2) is 0 Å². The zero-order chi connectivity index (χ0) is 12.0. The maximum Gasteiger partial charge on any atom is 0.0630 e. The van der Waals surface area contributed by atoms with E-state index in [9.17, 15) is 0 Å². The normalized spacial score (nSPS) is 15.3. The van der Waals surface area contributed by atoms with Crippen molar-refractivity contribution in [2.24, 2.45) is 5.73 Å². The van der Waals surface area contributed by atoms with Crippen LogP contribution >= 0.6 is 11.3 Å². The smallest absolute Gasteiger partial charge is 0.0630 e. The largest absolute Gasteiger partial charge is 0.383 e. The highest BCUT2D eigenvalue weighted by Crippen LogP contribution is 2.14. The van der Waals surface area contributed by atoms with Gasteiger partial charge < -0.3 is 10.5 Å². The molecule has 92 valence electrons. The Morgan fingerprint density at radius 1 is 1.56 bits per heavy atom. The molecule has 2 N–H and O–H groups in total. The number of likely N-dealkylation sites (N-methyl/N-ethyl adjacent to an activating group) is 1. The summed E-state index contributed by atoms with van der Waals surface area (Å²) >= 11 is 1.81. The van der Waals surface area contributed by atoms with E-state index in [1.165, 1.54) is 4.88 Å². The summed E-state index contributed by atoms with van der Waals surface area (Å²) in [6.45, 7) is 3.57. The topological polar surface area (TPSA) is 38.5 Å². The molecule has 2 unspecified atom stereocenters. The third kappa shape index (κ3) is 3.87. The lowest BCUT2D eigenvalue weighted by molar-refractivity contribution is 0.0887. The molecule has 0 spiro atoms. The van der Waals surface area contributed by atoms with Crippen molar-refractivity contribution in [3.05, 3.63) is 22.4 Å². The quantitative estimate of drug-likeness (QED) is 0.789. The first-order valence-corrected chi connectivity index (χ1v) is 6.50. The van der Waals surface area contributed by atoms with E-state index in [4.69, 9.17) is 10.5 Å². The molecule has 3 nitrogen and oxygen atoms in total. The van der Waals surface area contributed by atoms with Gasteiger partial charge in [0.15, 0.2) is 0 Å². The van der Waals surface area contributed by atoms with Gasteiger partial charge in [-0.15, -0.1) is 11.3 Å². The van der Waals surface area contributed by atoms with Gasteiger partial charge in [0.25, 0.3) is 0 Å². The van der Waals surface area contributed by atoms with Gasteiger partial charge in [0.05, 0.1) is 6.61 Å². The van der Waals surface area contributed by atoms with Crippen LogP contribution in [-0.4, -0.2) is 44.3 Å². The summed E-state index contributed by atoms with van der Waals surface area (Å²) in [5, 5.41) is 2.12. The maximum atomic E-state index is 5.75. The zero-order valence-corrected chi connectivity index (χ0v) is 11.2. The zero-order valence-electron chi connectivity index (χ0n) is 10.3. The summed E-state index contributed by atoms with van der Waals surface area (Å²) in [6.07, 6.45) is 1.08. The minimum atomic E-state index is 0.306. The molecule has 1 rings (SSSR count). The molecule has 4 heteroatoms. The van der Waals surface area contributed by atoms with E-state index >= 15 is 0 Å². The van der Waals surface area contributed by atoms with Crippen molar-refractivity contribution in [2.75, 3.05) is 27.3 Å². The second kappa shape index (κ2) is 7.01. The molecule has 2 atom stereocenters. The molecule has 1 aromatic heterocycles. The first-order chi connectivity index (χ1) is 7.69. The molecule has 0 aliphatic heterocycles. The number of nitrogens with zero attached hydrogens (tertiary/aromatic N) is 1. The average Bonchev–Trinajstić information content (AvgIpc) is 2.77. The number of nitrogens with two attached hydrogens (primary N) is 1. The van der Waals surface area contributed by atoms with Gasteiger partial charge in [-0.3, -0.25) is 4.90 Å². The van der Waals surface area contributed by atoms with E-state index < -0.39 is 0 Å². The average molecular weight is 242 g/mol. The molecule has 0 bridgehead atoms. The summed E-state index contributed by atoms with van der Waals surface area (Å²) in [7, 11) is 3.84. The lowest BCUT2D eigenvalue weighted by atomic mass is 10.1. The fourth-order valence-corrected chi connectivity index (χ4v) is 2.59. The van der Waals surface area contributed by atoms with Crippen molar-refractivity contribution in [3.63, 3.8) is 0 Å². The Kier molecular flexibility index (Phi) is 5.98. The van der Waals surface area contributed by atoms with Crippen LogP contribution in [0.3, 0.4) is 0 Å². The lowest BCUT2D eigenvalue weighted by Crippen LogP contribution is -2.46. The Morgan fingerprint density at radius 2 is 2.31 bits per heavy atom. The molecule has 0 aromatic carbocycles. The molecule has 1 aromatic rings. The van der Waals surface area contributed by atoms with E-state index in [2.05, 4.69) is 36.4 Å². The predicted molar refractivity (Wildman–Crippen MR) is 70.0 cm³/mol. The molecule has 1 heterocycles. The number of ether oxygens (including phenoxy) is 1. The summed E-state index contributed by atoms with van der Waals surface area (Å²) in [4.78, 5) is 3.73. The second-order valence-electron chi connectivity index (χ2n) is 4.14. The van der Waals surface area contributed by atoms with Crippen LogP contribution in [0, 0.1) is 0 Å². The van der Waals surface area contributed by atoms with Crippen LogP contribution in [0.15, 0.2) is 17.5 Å². The van der Waals surface area contributed by atoms with Gasteiger partial charge in [-0.05, 0) is 31.8 Å². The van der Waals surface area contributed by atoms with Crippen LogP contribution < -0.4 is 5.73 Å². The molecule has 0 amide bonds. The molecule has 16 heavy (non-hydrogen) atoms. The van der Waals surface area contributed by atoms with E-state index in [1.54, 1.807) is 7.11 Å². The van der Waals surface area contributed by atoms with Crippen LogP contribution in [0.5, 0.6) is 0 Å². The Bertz CT molecular complexity index is 277. The third-order valence-corrected chi connectivity index (χ3v) is 3.88. The van der Waals surface area contributed by atoms with Crippen molar-refractivity contribution >= 4 is 11.3 Å². The van der Waals surface area contributed by atoms with Gasteiger partial charge in [0, 0.05) is 30.6 Å². The van der Waals surface area contributed by atoms with E-state index in [1.807, 2.05) is 11.3 Å². The minimum absolute atomic E-state index is 0.306. The van der Waals surface area contributed by atoms with Crippen molar-refractivity contribution in [1.29, 1.82) is 0 Å². The highest BCUT2D eigenvalue weighted by atomic mass is 32.1. The molecular formula is C12H22N2OS. The predicted octanol–water partition coefficient (Wildman–Crippen LogP) is 1.58. The molecule has 0 saturated heterocycles. The molecule has 0 aliphatic rings. The Hall–Kier alpha value is -0.420. The SMILES string of the molecule is COCC(CN)N(C)C(C)Cc1cccs1. The summed E-state index contributed by atoms with van der Waals surface area (Å²) in [5.74, 6) is 0. The highest BCUT2D eigenvalue weighted by molar-refractivity contribution is 7.09. The number of hydrogen-bond donors (Lipinski definition) is 1. The summed E-state index contributed by atoms with van der Waals surface area (Å²) < 4.78 is 5.18. The monoisotopic (exact) mass is 242 g/mol. The molecule has 0 saturated carbocycles. The van der Waals surface area contributed by atoms with Crippen molar-refractivity contribution in [1.82, 2.24) is 4.90 Å². The molecule has 0 radical (unpaired) electrons. The Morgan fingerprint density at radius 3 is 2.81 bits per heavy atom. The maximum absolute atomic E-state index is 5.75. The van der Waals surface area contributed by atoms with Crippen LogP contribution in [0.1, 0.15) is 11.8 Å². The number of hydrogen-bond acceptors (Lipinski definition) is 4. The van der Waals surface area contributed by atoms with Crippen molar-refractivity contribution in [2.45, 2.75) is 25.4 Å². The van der Waals surface area contributed by atoms with Crippen molar-refractivity contribution < 1.29 is 4.74 Å². The third-order valence-electron chi connectivity index (χ3n) is 2.98. The van der Waals surface area contributed by atoms with Gasteiger partial charge in [-0.1, -0.05) is 6.07 Å². The number of thiophene rings is 1. The fourth-order valence-electron chi connectivity index (χ4n) is 1.77. The van der Waals surface area contributed by atoms with Crippen molar-refractivity contribution in [3.8, 4) is 0 Å². The van der Waals surface area contributed by atoms with Gasteiger partial charge in [-0.2, -0.15) is 0 Å². The molecule has 0 fully saturated rings. The first kappa shape index (κ1) is 13.6. The minimum Gasteiger partial charge on any atom is -0.383 e. The lowest BCUT2D eigenvalue weighted by Gasteiger charge is -2.31.